The lowest BCUT2D eigenvalue weighted by atomic mass is 9.90. The fraction of sp³-hybridized carbons (Fsp3) is 0.600. The number of carbonyl (C=O) groups excluding carboxylic acids is 2. The van der Waals surface area contributed by atoms with E-state index in [0.717, 1.165) is 45.2 Å². The molecule has 130 valence electrons. The molecule has 2 amide bonds. The Morgan fingerprint density at radius 1 is 1.00 bits per heavy atom. The second-order valence-electron chi connectivity index (χ2n) is 7.24. The summed E-state index contributed by atoms with van der Waals surface area (Å²) >= 11 is 0. The van der Waals surface area contributed by atoms with Crippen LogP contribution in [0.15, 0.2) is 30.3 Å². The molecule has 1 heterocycles. The summed E-state index contributed by atoms with van der Waals surface area (Å²) in [7, 11) is 0. The second kappa shape index (κ2) is 8.32. The van der Waals surface area contributed by atoms with E-state index in [1.807, 2.05) is 11.0 Å². The quantitative estimate of drug-likeness (QED) is 0.845. The number of hydrogen-bond acceptors (Lipinski definition) is 2. The van der Waals surface area contributed by atoms with E-state index >= 15 is 0 Å². The van der Waals surface area contributed by atoms with Crippen LogP contribution < -0.4 is 5.32 Å². The first-order valence-electron chi connectivity index (χ1n) is 9.32. The highest BCUT2D eigenvalue weighted by molar-refractivity contribution is 5.97. The second-order valence-corrected chi connectivity index (χ2v) is 7.24. The molecule has 1 aliphatic carbocycles. The van der Waals surface area contributed by atoms with Crippen molar-refractivity contribution in [3.63, 3.8) is 0 Å². The Labute approximate surface area is 144 Å². The minimum Gasteiger partial charge on any atom is -0.353 e. The zero-order chi connectivity index (χ0) is 16.8. The monoisotopic (exact) mass is 328 g/mol. The summed E-state index contributed by atoms with van der Waals surface area (Å²) in [5, 5.41) is 3.00. The first-order valence-corrected chi connectivity index (χ1v) is 9.32. The number of benzene rings is 1. The van der Waals surface area contributed by atoms with Gasteiger partial charge in [-0.3, -0.25) is 9.59 Å². The van der Waals surface area contributed by atoms with Crippen molar-refractivity contribution < 1.29 is 9.59 Å². The third-order valence-corrected chi connectivity index (χ3v) is 5.37. The van der Waals surface area contributed by atoms with Crippen LogP contribution in [0.1, 0.15) is 50.5 Å². The van der Waals surface area contributed by atoms with Crippen LogP contribution in [0.25, 0.3) is 0 Å². The van der Waals surface area contributed by atoms with Gasteiger partial charge in [0.15, 0.2) is 0 Å². The molecule has 0 radical (unpaired) electrons. The smallest absolute Gasteiger partial charge is 0.232 e. The minimum absolute atomic E-state index is 0.0105. The molecule has 2 aliphatic rings. The fourth-order valence-electron chi connectivity index (χ4n) is 3.93. The maximum absolute atomic E-state index is 12.3. The van der Waals surface area contributed by atoms with Gasteiger partial charge in [0.25, 0.3) is 0 Å². The van der Waals surface area contributed by atoms with E-state index in [2.05, 4.69) is 29.6 Å². The first-order chi connectivity index (χ1) is 11.7. The Morgan fingerprint density at radius 3 is 2.33 bits per heavy atom. The van der Waals surface area contributed by atoms with Gasteiger partial charge in [0.05, 0.1) is 0 Å². The largest absolute Gasteiger partial charge is 0.353 e. The molecule has 0 spiro atoms. The molecule has 4 nitrogen and oxygen atoms in total. The normalized spacial score (nSPS) is 19.4. The van der Waals surface area contributed by atoms with Crippen molar-refractivity contribution in [1.82, 2.24) is 10.2 Å². The number of hydrogen-bond donors (Lipinski definition) is 1. The minimum atomic E-state index is -0.0988. The van der Waals surface area contributed by atoms with Gasteiger partial charge in [-0.2, -0.15) is 0 Å². The number of carbonyl (C=O) groups is 2. The summed E-state index contributed by atoms with van der Waals surface area (Å²) in [5.74, 6) is 0.533. The Hall–Kier alpha value is -1.84. The van der Waals surface area contributed by atoms with Crippen LogP contribution in [0.5, 0.6) is 0 Å². The van der Waals surface area contributed by atoms with Crippen LogP contribution in [-0.2, 0) is 16.0 Å². The van der Waals surface area contributed by atoms with Crippen molar-refractivity contribution in [3.05, 3.63) is 35.9 Å². The average Bonchev–Trinajstić information content (AvgIpc) is 3.09. The molecule has 0 atom stereocenters. The summed E-state index contributed by atoms with van der Waals surface area (Å²) in [5.41, 5.74) is 1.37. The van der Waals surface area contributed by atoms with Gasteiger partial charge in [0.2, 0.25) is 11.8 Å². The highest BCUT2D eigenvalue weighted by Gasteiger charge is 2.25. The van der Waals surface area contributed by atoms with E-state index < -0.39 is 0 Å². The lowest BCUT2D eigenvalue weighted by molar-refractivity contribution is -0.137. The Morgan fingerprint density at radius 2 is 1.67 bits per heavy atom. The summed E-state index contributed by atoms with van der Waals surface area (Å²) in [6.07, 6.45) is 7.66. The average molecular weight is 328 g/mol. The predicted octanol–water partition coefficient (Wildman–Crippen LogP) is 2.92. The summed E-state index contributed by atoms with van der Waals surface area (Å²) in [4.78, 5) is 26.2. The van der Waals surface area contributed by atoms with E-state index in [1.54, 1.807) is 0 Å². The Balaban J connectivity index is 1.39. The van der Waals surface area contributed by atoms with Gasteiger partial charge in [-0.05, 0) is 43.6 Å². The van der Waals surface area contributed by atoms with Crippen LogP contribution in [0.3, 0.4) is 0 Å². The first kappa shape index (κ1) is 17.0. The lowest BCUT2D eigenvalue weighted by Crippen LogP contribution is -2.42. The van der Waals surface area contributed by atoms with Crippen molar-refractivity contribution in [1.29, 1.82) is 0 Å². The van der Waals surface area contributed by atoms with Gasteiger partial charge in [0, 0.05) is 19.1 Å². The molecular weight excluding hydrogens is 300 g/mol. The van der Waals surface area contributed by atoms with Crippen LogP contribution in [-0.4, -0.2) is 35.8 Å². The van der Waals surface area contributed by atoms with Gasteiger partial charge in [-0.15, -0.1) is 0 Å². The van der Waals surface area contributed by atoms with E-state index in [9.17, 15) is 9.59 Å². The van der Waals surface area contributed by atoms with E-state index in [1.165, 1.54) is 18.4 Å². The van der Waals surface area contributed by atoms with Gasteiger partial charge in [-0.1, -0.05) is 43.2 Å². The number of likely N-dealkylation sites (tertiary alicyclic amines) is 1. The predicted molar refractivity (Wildman–Crippen MR) is 94.5 cm³/mol. The highest BCUT2D eigenvalue weighted by atomic mass is 16.2. The van der Waals surface area contributed by atoms with Gasteiger partial charge in [-0.25, -0.2) is 0 Å². The van der Waals surface area contributed by atoms with E-state index in [0.29, 0.717) is 12.0 Å². The maximum atomic E-state index is 12.3. The van der Waals surface area contributed by atoms with Gasteiger partial charge >= 0.3 is 0 Å². The molecule has 0 unspecified atom stereocenters. The van der Waals surface area contributed by atoms with E-state index in [-0.39, 0.29) is 18.2 Å². The summed E-state index contributed by atoms with van der Waals surface area (Å²) in [6.45, 7) is 1.57. The summed E-state index contributed by atoms with van der Waals surface area (Å²) < 4.78 is 0. The van der Waals surface area contributed by atoms with Crippen LogP contribution in [0.2, 0.25) is 0 Å². The van der Waals surface area contributed by atoms with Crippen molar-refractivity contribution in [2.75, 3.05) is 13.1 Å². The summed E-state index contributed by atoms with van der Waals surface area (Å²) in [6, 6.07) is 10.8. The molecule has 1 saturated carbocycles. The number of nitrogens with one attached hydrogen (secondary N) is 1. The van der Waals surface area contributed by atoms with Crippen molar-refractivity contribution >= 4 is 11.8 Å². The maximum Gasteiger partial charge on any atom is 0.232 e. The van der Waals surface area contributed by atoms with Crippen molar-refractivity contribution in [3.8, 4) is 0 Å². The molecule has 4 heteroatoms. The topological polar surface area (TPSA) is 49.4 Å². The Bertz CT molecular complexity index is 544. The van der Waals surface area contributed by atoms with Crippen LogP contribution in [0.4, 0.5) is 0 Å². The SMILES string of the molecule is O=C(CC(=O)N1CCC(Cc2ccccc2)CC1)NC1CCCC1. The molecule has 1 N–H and O–H groups in total. The van der Waals surface area contributed by atoms with E-state index in [4.69, 9.17) is 0 Å². The molecule has 1 aliphatic heterocycles. The molecule has 2 fully saturated rings. The molecule has 3 rings (SSSR count). The fourth-order valence-corrected chi connectivity index (χ4v) is 3.93. The number of nitrogens with zero attached hydrogens (tertiary/aromatic N) is 1. The molecule has 24 heavy (non-hydrogen) atoms. The molecule has 0 bridgehead atoms. The molecule has 1 aromatic rings. The number of piperidine rings is 1. The van der Waals surface area contributed by atoms with Crippen molar-refractivity contribution in [2.24, 2.45) is 5.92 Å². The van der Waals surface area contributed by atoms with Gasteiger partial charge < -0.3 is 10.2 Å². The third kappa shape index (κ3) is 4.83. The van der Waals surface area contributed by atoms with Crippen molar-refractivity contribution in [2.45, 2.75) is 57.4 Å². The highest BCUT2D eigenvalue weighted by Crippen LogP contribution is 2.22. The number of amides is 2. The van der Waals surface area contributed by atoms with Gasteiger partial charge in [0.1, 0.15) is 6.42 Å². The lowest BCUT2D eigenvalue weighted by Gasteiger charge is -2.32. The standard InChI is InChI=1S/C20H28N2O2/c23-19(21-18-8-4-5-9-18)15-20(24)22-12-10-17(11-13-22)14-16-6-2-1-3-7-16/h1-3,6-7,17-18H,4-5,8-15H2,(H,21,23). The Kier molecular flexibility index (Phi) is 5.89. The molecular formula is C20H28N2O2. The molecule has 0 aromatic heterocycles. The van der Waals surface area contributed by atoms with Crippen LogP contribution >= 0.6 is 0 Å². The zero-order valence-corrected chi connectivity index (χ0v) is 14.4. The van der Waals surface area contributed by atoms with Crippen LogP contribution in [0, 0.1) is 5.92 Å². The zero-order valence-electron chi connectivity index (χ0n) is 14.4. The molecule has 1 aromatic carbocycles. The third-order valence-electron chi connectivity index (χ3n) is 5.37. The number of rotatable bonds is 5. The molecule has 1 saturated heterocycles.